The molecule has 3 unspecified atom stereocenters. The predicted molar refractivity (Wildman–Crippen MR) is 66.9 cm³/mol. The lowest BCUT2D eigenvalue weighted by molar-refractivity contribution is -0.143. The number of rotatable bonds is 6. The summed E-state index contributed by atoms with van der Waals surface area (Å²) < 4.78 is 0. The average Bonchev–Trinajstić information content (AvgIpc) is 2.89. The van der Waals surface area contributed by atoms with Crippen molar-refractivity contribution >= 4 is 17.8 Å². The maximum atomic E-state index is 11.8. The Morgan fingerprint density at radius 2 is 2.00 bits per heavy atom. The molecule has 2 fully saturated rings. The SMILES string of the molecule is NC(=O)C[C@@H](NC(=O)CC1CC2CCC1C2)C(=O)O. The Kier molecular flexibility index (Phi) is 4.07. The van der Waals surface area contributed by atoms with Crippen LogP contribution in [0.4, 0.5) is 0 Å². The van der Waals surface area contributed by atoms with Crippen molar-refractivity contribution in [3.8, 4) is 0 Å². The molecule has 2 amide bonds. The first-order valence-electron chi connectivity index (χ1n) is 6.76. The molecule has 0 aromatic carbocycles. The second kappa shape index (κ2) is 5.59. The van der Waals surface area contributed by atoms with Crippen molar-refractivity contribution < 1.29 is 19.5 Å². The number of primary amides is 1. The smallest absolute Gasteiger partial charge is 0.326 e. The van der Waals surface area contributed by atoms with Crippen molar-refractivity contribution in [1.29, 1.82) is 0 Å². The summed E-state index contributed by atoms with van der Waals surface area (Å²) in [7, 11) is 0. The van der Waals surface area contributed by atoms with Crippen LogP contribution in [-0.4, -0.2) is 28.9 Å². The number of carbonyl (C=O) groups is 3. The number of hydrogen-bond acceptors (Lipinski definition) is 3. The third-order valence-corrected chi connectivity index (χ3v) is 4.37. The molecule has 0 aromatic heterocycles. The fourth-order valence-corrected chi connectivity index (χ4v) is 3.52. The Bertz CT molecular complexity index is 396. The number of nitrogens with one attached hydrogen (secondary N) is 1. The van der Waals surface area contributed by atoms with Crippen LogP contribution in [0.15, 0.2) is 0 Å². The fourth-order valence-electron chi connectivity index (χ4n) is 3.52. The number of aliphatic carboxylic acids is 1. The summed E-state index contributed by atoms with van der Waals surface area (Å²) in [6.45, 7) is 0. The number of carboxylic acids is 1. The molecule has 6 heteroatoms. The van der Waals surface area contributed by atoms with Crippen LogP contribution in [0, 0.1) is 17.8 Å². The number of carbonyl (C=O) groups excluding carboxylic acids is 2. The van der Waals surface area contributed by atoms with Gasteiger partial charge >= 0.3 is 5.97 Å². The van der Waals surface area contributed by atoms with E-state index in [1.807, 2.05) is 0 Å². The van der Waals surface area contributed by atoms with Gasteiger partial charge in [0, 0.05) is 6.42 Å². The monoisotopic (exact) mass is 268 g/mol. The van der Waals surface area contributed by atoms with E-state index >= 15 is 0 Å². The van der Waals surface area contributed by atoms with E-state index in [1.165, 1.54) is 19.3 Å². The molecule has 0 heterocycles. The van der Waals surface area contributed by atoms with Crippen molar-refractivity contribution in [2.45, 2.75) is 44.6 Å². The van der Waals surface area contributed by atoms with E-state index in [4.69, 9.17) is 10.8 Å². The summed E-state index contributed by atoms with van der Waals surface area (Å²) >= 11 is 0. The topological polar surface area (TPSA) is 109 Å². The molecule has 6 nitrogen and oxygen atoms in total. The lowest BCUT2D eigenvalue weighted by Crippen LogP contribution is -2.44. The summed E-state index contributed by atoms with van der Waals surface area (Å²) in [6, 6.07) is -1.21. The Labute approximate surface area is 111 Å². The summed E-state index contributed by atoms with van der Waals surface area (Å²) in [5.74, 6) is -0.487. The highest BCUT2D eigenvalue weighted by molar-refractivity contribution is 5.88. The molecule has 2 bridgehead atoms. The van der Waals surface area contributed by atoms with E-state index in [0.29, 0.717) is 18.3 Å². The zero-order valence-corrected chi connectivity index (χ0v) is 10.8. The van der Waals surface area contributed by atoms with Gasteiger partial charge in [0.15, 0.2) is 0 Å². The van der Waals surface area contributed by atoms with E-state index in [0.717, 1.165) is 12.3 Å². The largest absolute Gasteiger partial charge is 0.480 e. The Morgan fingerprint density at radius 1 is 1.26 bits per heavy atom. The standard InChI is InChI=1S/C13H20N2O4/c14-11(16)6-10(13(18)19)15-12(17)5-9-4-7-1-2-8(9)3-7/h7-10H,1-6H2,(H2,14,16)(H,15,17)(H,18,19)/t7?,8?,9?,10-/m1/s1. The zero-order chi connectivity index (χ0) is 14.0. The molecule has 0 spiro atoms. The summed E-state index contributed by atoms with van der Waals surface area (Å²) in [4.78, 5) is 33.5. The predicted octanol–water partition coefficient (Wildman–Crippen LogP) is 0.257. The second-order valence-electron chi connectivity index (χ2n) is 5.77. The zero-order valence-electron chi connectivity index (χ0n) is 10.8. The highest BCUT2D eigenvalue weighted by Gasteiger charge is 2.40. The molecule has 2 rings (SSSR count). The van der Waals surface area contributed by atoms with Crippen molar-refractivity contribution in [1.82, 2.24) is 5.32 Å². The molecule has 2 saturated carbocycles. The van der Waals surface area contributed by atoms with Gasteiger partial charge in [-0.05, 0) is 37.0 Å². The molecule has 19 heavy (non-hydrogen) atoms. The third kappa shape index (κ3) is 3.45. The quantitative estimate of drug-likeness (QED) is 0.641. The van der Waals surface area contributed by atoms with Crippen LogP contribution in [-0.2, 0) is 14.4 Å². The van der Waals surface area contributed by atoms with Gasteiger partial charge in [-0.25, -0.2) is 4.79 Å². The van der Waals surface area contributed by atoms with E-state index in [-0.39, 0.29) is 12.3 Å². The Balaban J connectivity index is 1.82. The highest BCUT2D eigenvalue weighted by Crippen LogP contribution is 2.49. The third-order valence-electron chi connectivity index (χ3n) is 4.37. The molecule has 4 atom stereocenters. The van der Waals surface area contributed by atoms with Crippen molar-refractivity contribution in [2.75, 3.05) is 0 Å². The number of carboxylic acid groups (broad SMARTS) is 1. The van der Waals surface area contributed by atoms with Gasteiger partial charge in [-0.1, -0.05) is 6.42 Å². The van der Waals surface area contributed by atoms with Gasteiger partial charge < -0.3 is 16.2 Å². The first-order valence-corrected chi connectivity index (χ1v) is 6.76. The minimum atomic E-state index is -1.22. The van der Waals surface area contributed by atoms with Gasteiger partial charge in [-0.15, -0.1) is 0 Å². The van der Waals surface area contributed by atoms with Gasteiger partial charge in [-0.2, -0.15) is 0 Å². The van der Waals surface area contributed by atoms with Crippen LogP contribution in [0.3, 0.4) is 0 Å². The van der Waals surface area contributed by atoms with Gasteiger partial charge in [0.1, 0.15) is 6.04 Å². The van der Waals surface area contributed by atoms with Gasteiger partial charge in [-0.3, -0.25) is 9.59 Å². The van der Waals surface area contributed by atoms with E-state index in [2.05, 4.69) is 5.32 Å². The molecule has 2 aliphatic carbocycles. The first kappa shape index (κ1) is 13.8. The lowest BCUT2D eigenvalue weighted by Gasteiger charge is -2.22. The Hall–Kier alpha value is -1.59. The molecule has 0 aromatic rings. The first-order chi connectivity index (χ1) is 8.95. The van der Waals surface area contributed by atoms with E-state index in [9.17, 15) is 14.4 Å². The van der Waals surface area contributed by atoms with Crippen LogP contribution >= 0.6 is 0 Å². The Morgan fingerprint density at radius 3 is 2.47 bits per heavy atom. The molecule has 4 N–H and O–H groups in total. The maximum Gasteiger partial charge on any atom is 0.326 e. The van der Waals surface area contributed by atoms with Crippen LogP contribution in [0.2, 0.25) is 0 Å². The van der Waals surface area contributed by atoms with Gasteiger partial charge in [0.2, 0.25) is 11.8 Å². The second-order valence-corrected chi connectivity index (χ2v) is 5.77. The lowest BCUT2D eigenvalue weighted by atomic mass is 9.86. The molecular formula is C13H20N2O4. The van der Waals surface area contributed by atoms with Crippen molar-refractivity contribution in [3.63, 3.8) is 0 Å². The minimum Gasteiger partial charge on any atom is -0.480 e. The van der Waals surface area contributed by atoms with Gasteiger partial charge in [0.05, 0.1) is 6.42 Å². The van der Waals surface area contributed by atoms with E-state index in [1.54, 1.807) is 0 Å². The minimum absolute atomic E-state index is 0.286. The molecular weight excluding hydrogens is 248 g/mol. The number of fused-ring (bicyclic) bond motifs is 2. The number of amides is 2. The van der Waals surface area contributed by atoms with Crippen molar-refractivity contribution in [2.24, 2.45) is 23.5 Å². The van der Waals surface area contributed by atoms with Crippen LogP contribution in [0.25, 0.3) is 0 Å². The summed E-state index contributed by atoms with van der Waals surface area (Å²) in [6.07, 6.45) is 4.74. The van der Waals surface area contributed by atoms with Crippen molar-refractivity contribution in [3.05, 3.63) is 0 Å². The molecule has 106 valence electrons. The fraction of sp³-hybridized carbons (Fsp3) is 0.769. The summed E-state index contributed by atoms with van der Waals surface area (Å²) in [5, 5.41) is 11.3. The van der Waals surface area contributed by atoms with Crippen LogP contribution < -0.4 is 11.1 Å². The number of hydrogen-bond donors (Lipinski definition) is 3. The average molecular weight is 268 g/mol. The molecule has 0 radical (unpaired) electrons. The van der Waals surface area contributed by atoms with Crippen LogP contribution in [0.1, 0.15) is 38.5 Å². The molecule has 2 aliphatic rings. The van der Waals surface area contributed by atoms with Crippen LogP contribution in [0.5, 0.6) is 0 Å². The number of nitrogens with two attached hydrogens (primary N) is 1. The van der Waals surface area contributed by atoms with Gasteiger partial charge in [0.25, 0.3) is 0 Å². The molecule has 0 aliphatic heterocycles. The molecule has 0 saturated heterocycles. The maximum absolute atomic E-state index is 11.8. The normalized spacial score (nSPS) is 30.0. The summed E-state index contributed by atoms with van der Waals surface area (Å²) in [5.41, 5.74) is 4.97. The highest BCUT2D eigenvalue weighted by atomic mass is 16.4. The van der Waals surface area contributed by atoms with E-state index < -0.39 is 17.9 Å².